The van der Waals surface area contributed by atoms with E-state index < -0.39 is 0 Å². The molecule has 1 saturated heterocycles. The Morgan fingerprint density at radius 1 is 1.09 bits per heavy atom. The molecule has 1 unspecified atom stereocenters. The third-order valence-electron chi connectivity index (χ3n) is 4.66. The fraction of sp³-hybridized carbons (Fsp3) is 0.316. The van der Waals surface area contributed by atoms with E-state index in [1.165, 1.54) is 0 Å². The highest BCUT2D eigenvalue weighted by molar-refractivity contribution is 6.12. The first-order valence-corrected chi connectivity index (χ1v) is 8.15. The van der Waals surface area contributed by atoms with Crippen molar-refractivity contribution < 1.29 is 9.70 Å². The second-order valence-corrected chi connectivity index (χ2v) is 6.26. The molecule has 1 fully saturated rings. The number of aliphatic hydroxyl groups is 1. The van der Waals surface area contributed by atoms with Gasteiger partial charge in [-0.15, -0.1) is 5.10 Å². The lowest BCUT2D eigenvalue weighted by molar-refractivity contribution is -0.964. The molecular formula is C19H24N3O+. The highest BCUT2D eigenvalue weighted by Crippen LogP contribution is 2.22. The van der Waals surface area contributed by atoms with Crippen molar-refractivity contribution in [3.05, 3.63) is 71.8 Å². The standard InChI is InChI=1S/C19H24N3O/c1-22(14-8-13-18(22)15-23)21-20-19(16-9-4-2-5-10-16)17-11-6-3-7-12-17/h2-7,9-12,18,21,23H,8,13-15H2,1H3/q+1/t18-,22?/m0/s1. The van der Waals surface area contributed by atoms with E-state index in [1.807, 2.05) is 36.4 Å². The van der Waals surface area contributed by atoms with Crippen LogP contribution in [0.3, 0.4) is 0 Å². The summed E-state index contributed by atoms with van der Waals surface area (Å²) in [6.07, 6.45) is 2.14. The lowest BCUT2D eigenvalue weighted by Crippen LogP contribution is -2.57. The minimum absolute atomic E-state index is 0.186. The summed E-state index contributed by atoms with van der Waals surface area (Å²) in [5, 5.41) is 14.3. The zero-order valence-corrected chi connectivity index (χ0v) is 13.5. The predicted octanol–water partition coefficient (Wildman–Crippen LogP) is 2.54. The molecule has 1 aliphatic rings. The van der Waals surface area contributed by atoms with Crippen LogP contribution >= 0.6 is 0 Å². The van der Waals surface area contributed by atoms with E-state index in [2.05, 4.69) is 36.8 Å². The van der Waals surface area contributed by atoms with Crippen molar-refractivity contribution in [2.75, 3.05) is 20.2 Å². The number of hydrogen-bond acceptors (Lipinski definition) is 3. The van der Waals surface area contributed by atoms with Crippen LogP contribution in [0.1, 0.15) is 24.0 Å². The van der Waals surface area contributed by atoms with E-state index >= 15 is 0 Å². The number of quaternary nitrogens is 1. The molecule has 0 bridgehead atoms. The smallest absolute Gasteiger partial charge is 0.136 e. The minimum Gasteiger partial charge on any atom is -0.390 e. The third-order valence-corrected chi connectivity index (χ3v) is 4.66. The molecule has 23 heavy (non-hydrogen) atoms. The van der Waals surface area contributed by atoms with Crippen LogP contribution < -0.4 is 5.53 Å². The zero-order chi connectivity index (χ0) is 16.1. The van der Waals surface area contributed by atoms with Gasteiger partial charge in [0.2, 0.25) is 0 Å². The van der Waals surface area contributed by atoms with Crippen LogP contribution in [-0.2, 0) is 0 Å². The molecule has 0 spiro atoms. The molecule has 3 rings (SSSR count). The average molecular weight is 310 g/mol. The molecule has 0 aliphatic carbocycles. The van der Waals surface area contributed by atoms with Gasteiger partial charge in [-0.1, -0.05) is 60.7 Å². The van der Waals surface area contributed by atoms with Crippen LogP contribution in [0.2, 0.25) is 0 Å². The summed E-state index contributed by atoms with van der Waals surface area (Å²) in [4.78, 5) is 0. The van der Waals surface area contributed by atoms with Gasteiger partial charge in [-0.2, -0.15) is 5.53 Å². The van der Waals surface area contributed by atoms with Gasteiger partial charge in [0, 0.05) is 24.0 Å². The molecule has 0 aromatic heterocycles. The second-order valence-electron chi connectivity index (χ2n) is 6.26. The van der Waals surface area contributed by atoms with E-state index in [-0.39, 0.29) is 12.6 Å². The van der Waals surface area contributed by atoms with Crippen LogP contribution in [0.15, 0.2) is 65.8 Å². The Labute approximate surface area is 137 Å². The van der Waals surface area contributed by atoms with E-state index in [4.69, 9.17) is 5.10 Å². The van der Waals surface area contributed by atoms with E-state index in [0.717, 1.165) is 36.2 Å². The first-order valence-electron chi connectivity index (χ1n) is 8.15. The quantitative estimate of drug-likeness (QED) is 0.506. The molecule has 1 aliphatic heterocycles. The molecular weight excluding hydrogens is 286 g/mol. The van der Waals surface area contributed by atoms with Crippen molar-refractivity contribution >= 4 is 5.71 Å². The number of nitrogens with zero attached hydrogens (tertiary/aromatic N) is 2. The van der Waals surface area contributed by atoms with Crippen LogP contribution in [-0.4, -0.2) is 41.7 Å². The van der Waals surface area contributed by atoms with Gasteiger partial charge in [-0.25, -0.2) is 4.59 Å². The van der Waals surface area contributed by atoms with E-state index in [9.17, 15) is 5.11 Å². The van der Waals surface area contributed by atoms with Crippen molar-refractivity contribution in [2.45, 2.75) is 18.9 Å². The Morgan fingerprint density at radius 2 is 1.65 bits per heavy atom. The molecule has 2 aromatic carbocycles. The minimum atomic E-state index is 0.186. The number of nitrogens with one attached hydrogen (secondary N) is 1. The van der Waals surface area contributed by atoms with Gasteiger partial charge in [-0.3, -0.25) is 0 Å². The third kappa shape index (κ3) is 3.44. The summed E-state index contributed by atoms with van der Waals surface area (Å²) in [5.74, 6) is 0. The second kappa shape index (κ2) is 6.94. The van der Waals surface area contributed by atoms with Gasteiger partial charge in [0.05, 0.1) is 13.7 Å². The molecule has 120 valence electrons. The maximum absolute atomic E-state index is 9.60. The van der Waals surface area contributed by atoms with Crippen LogP contribution in [0.5, 0.6) is 0 Å². The molecule has 0 amide bonds. The summed E-state index contributed by atoms with van der Waals surface area (Å²) < 4.78 is 0.583. The lowest BCUT2D eigenvalue weighted by Gasteiger charge is -2.32. The fourth-order valence-electron chi connectivity index (χ4n) is 3.18. The van der Waals surface area contributed by atoms with Crippen LogP contribution in [0, 0.1) is 0 Å². The first-order chi connectivity index (χ1) is 11.2. The fourth-order valence-corrected chi connectivity index (χ4v) is 3.18. The summed E-state index contributed by atoms with van der Waals surface area (Å²) in [6, 6.07) is 20.6. The highest BCUT2D eigenvalue weighted by Gasteiger charge is 2.38. The SMILES string of the molecule is C[N+]1(NN=C(c2ccccc2)c2ccccc2)CCC[C@H]1CO. The van der Waals surface area contributed by atoms with Gasteiger partial charge < -0.3 is 5.11 Å². The maximum Gasteiger partial charge on any atom is 0.136 e. The van der Waals surface area contributed by atoms with Gasteiger partial charge in [0.25, 0.3) is 0 Å². The first kappa shape index (κ1) is 15.7. The number of aliphatic hydroxyl groups excluding tert-OH is 1. The lowest BCUT2D eigenvalue weighted by atomic mass is 10.0. The Balaban J connectivity index is 1.93. The van der Waals surface area contributed by atoms with E-state index in [0.29, 0.717) is 4.59 Å². The summed E-state index contributed by atoms with van der Waals surface area (Å²) in [7, 11) is 2.10. The Hall–Kier alpha value is -2.17. The Bertz CT molecular complexity index is 615. The molecule has 4 nitrogen and oxygen atoms in total. The van der Waals surface area contributed by atoms with Crippen molar-refractivity contribution in [1.82, 2.24) is 5.53 Å². The molecule has 0 saturated carbocycles. The number of hydrogen-bond donors (Lipinski definition) is 2. The average Bonchev–Trinajstić information content (AvgIpc) is 2.98. The van der Waals surface area contributed by atoms with Crippen LogP contribution in [0.25, 0.3) is 0 Å². The van der Waals surface area contributed by atoms with Gasteiger partial charge in [0.15, 0.2) is 0 Å². The Morgan fingerprint density at radius 3 is 2.17 bits per heavy atom. The largest absolute Gasteiger partial charge is 0.390 e. The molecule has 4 heteroatoms. The van der Waals surface area contributed by atoms with Gasteiger partial charge >= 0.3 is 0 Å². The number of likely N-dealkylation sites (N-methyl/N-ethyl adjacent to an activating group) is 1. The van der Waals surface area contributed by atoms with Gasteiger partial charge in [-0.05, 0) is 0 Å². The molecule has 1 heterocycles. The number of benzene rings is 2. The van der Waals surface area contributed by atoms with Crippen molar-refractivity contribution in [2.24, 2.45) is 5.10 Å². The topological polar surface area (TPSA) is 44.6 Å². The van der Waals surface area contributed by atoms with E-state index in [1.54, 1.807) is 0 Å². The molecule has 0 radical (unpaired) electrons. The van der Waals surface area contributed by atoms with Crippen molar-refractivity contribution in [1.29, 1.82) is 0 Å². The number of hydrazone groups is 1. The summed E-state index contributed by atoms with van der Waals surface area (Å²) in [6.45, 7) is 1.16. The maximum atomic E-state index is 9.60. The van der Waals surface area contributed by atoms with Gasteiger partial charge in [0.1, 0.15) is 18.3 Å². The molecule has 2 N–H and O–H groups in total. The molecule has 2 atom stereocenters. The number of rotatable bonds is 5. The summed E-state index contributed by atoms with van der Waals surface area (Å²) in [5.41, 5.74) is 6.41. The number of likely N-dealkylation sites (tertiary alicyclic amines) is 1. The zero-order valence-electron chi connectivity index (χ0n) is 13.5. The monoisotopic (exact) mass is 310 g/mol. The van der Waals surface area contributed by atoms with Crippen LogP contribution in [0.4, 0.5) is 0 Å². The summed E-state index contributed by atoms with van der Waals surface area (Å²) >= 11 is 0. The normalized spacial score (nSPS) is 23.5. The Kier molecular flexibility index (Phi) is 4.74. The highest BCUT2D eigenvalue weighted by atomic mass is 16.3. The molecule has 2 aromatic rings. The van der Waals surface area contributed by atoms with Crippen molar-refractivity contribution in [3.8, 4) is 0 Å². The van der Waals surface area contributed by atoms with Crippen molar-refractivity contribution in [3.63, 3.8) is 0 Å². The predicted molar refractivity (Wildman–Crippen MR) is 92.8 cm³/mol.